The standard InChI is InChI=1S/C15H20F2N2O4/c1-21-11-7-9(8-12(22-2)13(11)23-15(16)17)14(20)19-5-3-10(18)4-6-19/h7-8,10,15H,3-6,18H2,1-2H3. The Morgan fingerprint density at radius 3 is 2.17 bits per heavy atom. The number of piperidine rings is 1. The monoisotopic (exact) mass is 330 g/mol. The van der Waals surface area contributed by atoms with Gasteiger partial charge < -0.3 is 24.8 Å². The minimum absolute atomic E-state index is 0.0155. The summed E-state index contributed by atoms with van der Waals surface area (Å²) in [5, 5.41) is 0. The third-order valence-corrected chi connectivity index (χ3v) is 3.74. The normalized spacial score (nSPS) is 15.7. The fraction of sp³-hybridized carbons (Fsp3) is 0.533. The van der Waals surface area contributed by atoms with Crippen LogP contribution in [0.4, 0.5) is 8.78 Å². The molecule has 0 aliphatic carbocycles. The summed E-state index contributed by atoms with van der Waals surface area (Å²) in [7, 11) is 2.61. The first-order chi connectivity index (χ1) is 11.0. The molecule has 1 heterocycles. The van der Waals surface area contributed by atoms with Crippen LogP contribution in [0.2, 0.25) is 0 Å². The van der Waals surface area contributed by atoms with E-state index in [0.29, 0.717) is 13.1 Å². The summed E-state index contributed by atoms with van der Waals surface area (Å²) in [5.74, 6) is -0.428. The second kappa shape index (κ2) is 7.45. The molecule has 23 heavy (non-hydrogen) atoms. The number of carbonyl (C=O) groups is 1. The number of nitrogens with two attached hydrogens (primary N) is 1. The van der Waals surface area contributed by atoms with Crippen molar-refractivity contribution >= 4 is 5.91 Å². The lowest BCUT2D eigenvalue weighted by atomic mass is 10.0. The summed E-state index contributed by atoms with van der Waals surface area (Å²) in [6.07, 6.45) is 1.46. The van der Waals surface area contributed by atoms with Gasteiger partial charge >= 0.3 is 6.61 Å². The summed E-state index contributed by atoms with van der Waals surface area (Å²) >= 11 is 0. The Labute approximate surface area is 133 Å². The molecule has 1 fully saturated rings. The van der Waals surface area contributed by atoms with E-state index in [2.05, 4.69) is 4.74 Å². The number of nitrogens with zero attached hydrogens (tertiary/aromatic N) is 1. The first-order valence-corrected chi connectivity index (χ1v) is 7.22. The van der Waals surface area contributed by atoms with E-state index in [9.17, 15) is 13.6 Å². The highest BCUT2D eigenvalue weighted by Gasteiger charge is 2.25. The first kappa shape index (κ1) is 17.3. The van der Waals surface area contributed by atoms with E-state index in [4.69, 9.17) is 15.2 Å². The van der Waals surface area contributed by atoms with Crippen molar-refractivity contribution < 1.29 is 27.8 Å². The average Bonchev–Trinajstić information content (AvgIpc) is 2.54. The average molecular weight is 330 g/mol. The number of halogens is 2. The van der Waals surface area contributed by atoms with E-state index in [-0.39, 0.29) is 34.8 Å². The van der Waals surface area contributed by atoms with Crippen molar-refractivity contribution in [1.82, 2.24) is 4.90 Å². The van der Waals surface area contributed by atoms with Crippen LogP contribution in [-0.4, -0.2) is 50.8 Å². The molecule has 0 unspecified atom stereocenters. The second-order valence-corrected chi connectivity index (χ2v) is 5.22. The van der Waals surface area contributed by atoms with E-state index in [1.165, 1.54) is 26.4 Å². The summed E-state index contributed by atoms with van der Waals surface area (Å²) < 4.78 is 39.6. The van der Waals surface area contributed by atoms with E-state index in [1.54, 1.807) is 4.90 Å². The van der Waals surface area contributed by atoms with E-state index >= 15 is 0 Å². The largest absolute Gasteiger partial charge is 0.493 e. The smallest absolute Gasteiger partial charge is 0.387 e. The fourth-order valence-electron chi connectivity index (χ4n) is 2.49. The lowest BCUT2D eigenvalue weighted by molar-refractivity contribution is -0.0526. The number of carbonyl (C=O) groups excluding carboxylic acids is 1. The number of likely N-dealkylation sites (tertiary alicyclic amines) is 1. The topological polar surface area (TPSA) is 74.0 Å². The molecule has 6 nitrogen and oxygen atoms in total. The van der Waals surface area contributed by atoms with Crippen LogP contribution in [0.25, 0.3) is 0 Å². The maximum Gasteiger partial charge on any atom is 0.387 e. The zero-order valence-corrected chi connectivity index (χ0v) is 13.1. The van der Waals surface area contributed by atoms with Crippen molar-refractivity contribution in [2.45, 2.75) is 25.5 Å². The molecule has 1 aliphatic heterocycles. The number of amides is 1. The van der Waals surface area contributed by atoms with Gasteiger partial charge in [-0.05, 0) is 25.0 Å². The van der Waals surface area contributed by atoms with Crippen molar-refractivity contribution in [1.29, 1.82) is 0 Å². The van der Waals surface area contributed by atoms with Gasteiger partial charge in [-0.2, -0.15) is 8.78 Å². The van der Waals surface area contributed by atoms with Crippen LogP contribution in [0, 0.1) is 0 Å². The van der Waals surface area contributed by atoms with Crippen LogP contribution < -0.4 is 19.9 Å². The third-order valence-electron chi connectivity index (χ3n) is 3.74. The van der Waals surface area contributed by atoms with E-state index in [1.807, 2.05) is 0 Å². The lowest BCUT2D eigenvalue weighted by Crippen LogP contribution is -2.42. The highest BCUT2D eigenvalue weighted by molar-refractivity contribution is 5.95. The predicted molar refractivity (Wildman–Crippen MR) is 79.3 cm³/mol. The molecule has 2 N–H and O–H groups in total. The fourth-order valence-corrected chi connectivity index (χ4v) is 2.49. The highest BCUT2D eigenvalue weighted by atomic mass is 19.3. The van der Waals surface area contributed by atoms with Crippen molar-refractivity contribution in [3.63, 3.8) is 0 Å². The summed E-state index contributed by atoms with van der Waals surface area (Å²) in [4.78, 5) is 14.2. The van der Waals surface area contributed by atoms with E-state index in [0.717, 1.165) is 12.8 Å². The molecule has 0 spiro atoms. The minimum atomic E-state index is -3.03. The van der Waals surface area contributed by atoms with Crippen LogP contribution in [0.1, 0.15) is 23.2 Å². The summed E-state index contributed by atoms with van der Waals surface area (Å²) in [5.41, 5.74) is 6.12. The van der Waals surface area contributed by atoms with Gasteiger partial charge in [0.2, 0.25) is 5.75 Å². The molecule has 2 rings (SSSR count). The van der Waals surface area contributed by atoms with Gasteiger partial charge in [0.15, 0.2) is 11.5 Å². The lowest BCUT2D eigenvalue weighted by Gasteiger charge is -2.30. The van der Waals surface area contributed by atoms with Gasteiger partial charge in [-0.25, -0.2) is 0 Å². The molecule has 1 amide bonds. The zero-order valence-electron chi connectivity index (χ0n) is 13.1. The molecular formula is C15H20F2N2O4. The SMILES string of the molecule is COc1cc(C(=O)N2CCC(N)CC2)cc(OC)c1OC(F)F. The zero-order chi connectivity index (χ0) is 17.0. The van der Waals surface area contributed by atoms with Crippen molar-refractivity contribution in [3.05, 3.63) is 17.7 Å². The predicted octanol–water partition coefficient (Wildman–Crippen LogP) is 1.87. The number of methoxy groups -OCH3 is 2. The molecule has 0 aromatic heterocycles. The number of hydrogen-bond donors (Lipinski definition) is 1. The Morgan fingerprint density at radius 1 is 1.22 bits per heavy atom. The molecule has 0 atom stereocenters. The molecule has 1 saturated heterocycles. The van der Waals surface area contributed by atoms with Crippen molar-refractivity contribution in [2.75, 3.05) is 27.3 Å². The molecule has 128 valence electrons. The number of alkyl halides is 2. The van der Waals surface area contributed by atoms with E-state index < -0.39 is 6.61 Å². The van der Waals surface area contributed by atoms with Crippen LogP contribution in [0.5, 0.6) is 17.2 Å². The Morgan fingerprint density at radius 2 is 1.74 bits per heavy atom. The molecular weight excluding hydrogens is 310 g/mol. The number of ether oxygens (including phenoxy) is 3. The van der Waals surface area contributed by atoms with Gasteiger partial charge in [-0.15, -0.1) is 0 Å². The quantitative estimate of drug-likeness (QED) is 0.892. The Bertz CT molecular complexity index is 535. The van der Waals surface area contributed by atoms with Crippen molar-refractivity contribution in [3.8, 4) is 17.2 Å². The van der Waals surface area contributed by atoms with Crippen LogP contribution in [0.3, 0.4) is 0 Å². The maximum absolute atomic E-state index is 12.6. The van der Waals surface area contributed by atoms with Gasteiger partial charge in [-0.1, -0.05) is 0 Å². The molecule has 8 heteroatoms. The second-order valence-electron chi connectivity index (χ2n) is 5.22. The third kappa shape index (κ3) is 4.01. The summed E-state index contributed by atoms with van der Waals surface area (Å²) in [6, 6.07) is 2.85. The molecule has 0 bridgehead atoms. The van der Waals surface area contributed by atoms with Crippen LogP contribution in [-0.2, 0) is 0 Å². The Balaban J connectivity index is 2.30. The molecule has 1 aromatic rings. The van der Waals surface area contributed by atoms with Crippen LogP contribution >= 0.6 is 0 Å². The maximum atomic E-state index is 12.6. The molecule has 1 aliphatic rings. The molecule has 0 saturated carbocycles. The Hall–Kier alpha value is -2.09. The van der Waals surface area contributed by atoms with Gasteiger partial charge in [0.1, 0.15) is 0 Å². The Kier molecular flexibility index (Phi) is 5.59. The van der Waals surface area contributed by atoms with Gasteiger partial charge in [0.05, 0.1) is 14.2 Å². The molecule has 1 aromatic carbocycles. The molecule has 0 radical (unpaired) electrons. The van der Waals surface area contributed by atoms with Gasteiger partial charge in [0, 0.05) is 24.7 Å². The van der Waals surface area contributed by atoms with Crippen molar-refractivity contribution in [2.24, 2.45) is 5.73 Å². The number of rotatable bonds is 5. The summed E-state index contributed by atoms with van der Waals surface area (Å²) in [6.45, 7) is -1.91. The number of hydrogen-bond acceptors (Lipinski definition) is 5. The number of benzene rings is 1. The highest BCUT2D eigenvalue weighted by Crippen LogP contribution is 2.39. The minimum Gasteiger partial charge on any atom is -0.493 e. The van der Waals surface area contributed by atoms with Gasteiger partial charge in [0.25, 0.3) is 5.91 Å². The first-order valence-electron chi connectivity index (χ1n) is 7.22. The van der Waals surface area contributed by atoms with Crippen LogP contribution in [0.15, 0.2) is 12.1 Å². The van der Waals surface area contributed by atoms with Gasteiger partial charge in [-0.3, -0.25) is 4.79 Å².